The Bertz CT molecular complexity index is 1500. The molecule has 0 saturated carbocycles. The zero-order valence-corrected chi connectivity index (χ0v) is 20.2. The summed E-state index contributed by atoms with van der Waals surface area (Å²) < 4.78 is 87.8. The van der Waals surface area contributed by atoms with Gasteiger partial charge in [0.2, 0.25) is 17.9 Å². The van der Waals surface area contributed by atoms with Crippen molar-refractivity contribution in [3.05, 3.63) is 83.7 Å². The first-order chi connectivity index (χ1) is 18.7. The van der Waals surface area contributed by atoms with E-state index < -0.39 is 53.6 Å². The van der Waals surface area contributed by atoms with Gasteiger partial charge in [-0.2, -0.15) is 36.4 Å². The van der Waals surface area contributed by atoms with Crippen molar-refractivity contribution in [3.63, 3.8) is 0 Å². The average molecular weight is 566 g/mol. The summed E-state index contributed by atoms with van der Waals surface area (Å²) in [5.74, 6) is -2.13. The first-order valence-corrected chi connectivity index (χ1v) is 11.4. The van der Waals surface area contributed by atoms with Gasteiger partial charge in [0.1, 0.15) is 6.04 Å². The number of nitrogen functional groups attached to an aromatic ring is 1. The van der Waals surface area contributed by atoms with Crippen LogP contribution in [0.2, 0.25) is 0 Å². The van der Waals surface area contributed by atoms with E-state index in [0.717, 1.165) is 18.3 Å². The lowest BCUT2D eigenvalue weighted by Gasteiger charge is -2.24. The first kappa shape index (κ1) is 28.4. The van der Waals surface area contributed by atoms with Crippen LogP contribution in [-0.4, -0.2) is 43.0 Å². The average Bonchev–Trinajstić information content (AvgIpc) is 3.38. The zero-order chi connectivity index (χ0) is 29.2. The second-order valence-corrected chi connectivity index (χ2v) is 8.54. The predicted molar refractivity (Wildman–Crippen MR) is 129 cm³/mol. The van der Waals surface area contributed by atoms with Crippen molar-refractivity contribution >= 4 is 11.9 Å². The number of ether oxygens (including phenoxy) is 1. The molecule has 0 spiro atoms. The minimum Gasteiger partial charge on any atom is -0.480 e. The second kappa shape index (κ2) is 10.8. The summed E-state index contributed by atoms with van der Waals surface area (Å²) >= 11 is 0. The van der Waals surface area contributed by atoms with Crippen LogP contribution in [0.3, 0.4) is 0 Å². The van der Waals surface area contributed by atoms with E-state index in [1.165, 1.54) is 18.2 Å². The summed E-state index contributed by atoms with van der Waals surface area (Å²) in [6.07, 6.45) is -11.5. The van der Waals surface area contributed by atoms with Gasteiger partial charge < -0.3 is 21.3 Å². The number of anilines is 1. The van der Waals surface area contributed by atoms with Gasteiger partial charge in [-0.25, -0.2) is 9.67 Å². The van der Waals surface area contributed by atoms with E-state index in [1.54, 1.807) is 24.3 Å². The summed E-state index contributed by atoms with van der Waals surface area (Å²) in [7, 11) is 0. The number of aromatic nitrogens is 4. The number of halogens is 6. The fourth-order valence-corrected chi connectivity index (χ4v) is 3.76. The topological polar surface area (TPSA) is 142 Å². The number of nitrogens with two attached hydrogens (primary N) is 2. The molecule has 0 bridgehead atoms. The quantitative estimate of drug-likeness (QED) is 0.264. The third-order valence-electron chi connectivity index (χ3n) is 5.62. The second-order valence-electron chi connectivity index (χ2n) is 8.54. The Hall–Kier alpha value is -4.66. The molecule has 0 aliphatic heterocycles. The van der Waals surface area contributed by atoms with Gasteiger partial charge in [0.25, 0.3) is 0 Å². The maximum atomic E-state index is 14.2. The van der Waals surface area contributed by atoms with Crippen LogP contribution in [0.1, 0.15) is 22.9 Å². The molecule has 0 aliphatic carbocycles. The number of carboxylic acids is 1. The largest absolute Gasteiger partial charge is 0.480 e. The summed E-state index contributed by atoms with van der Waals surface area (Å²) in [6, 6.07) is 11.7. The maximum Gasteiger partial charge on any atom is 0.435 e. The van der Waals surface area contributed by atoms with Crippen LogP contribution in [0.15, 0.2) is 66.9 Å². The Morgan fingerprint density at radius 3 is 2.27 bits per heavy atom. The monoisotopic (exact) mass is 566 g/mol. The van der Waals surface area contributed by atoms with Gasteiger partial charge in [0.15, 0.2) is 5.69 Å². The van der Waals surface area contributed by atoms with E-state index in [-0.39, 0.29) is 17.8 Å². The lowest BCUT2D eigenvalue weighted by atomic mass is 10.0. The van der Waals surface area contributed by atoms with Crippen molar-refractivity contribution in [3.8, 4) is 22.8 Å². The molecule has 9 nitrogen and oxygen atoms in total. The van der Waals surface area contributed by atoms with Gasteiger partial charge in [-0.05, 0) is 24.1 Å². The third-order valence-corrected chi connectivity index (χ3v) is 5.62. The van der Waals surface area contributed by atoms with E-state index in [1.807, 2.05) is 0 Å². The van der Waals surface area contributed by atoms with E-state index >= 15 is 0 Å². The molecule has 0 saturated heterocycles. The highest BCUT2D eigenvalue weighted by atomic mass is 19.4. The standard InChI is InChI=1S/C25H20F6N6O3/c26-24(27,28)19-9-10-37(36-19)18-4-2-1-3-15(18)21(25(29,30)31)40-20-12-17(34-23(33)35-20)14-7-5-13(6-8-14)11-16(32)22(38)39/h1-10,12,16,21H,11,32H2,(H,38,39)(H2,33,34,35)/t16?,21-/m0/s1. The minimum absolute atomic E-state index is 0.0449. The molecule has 2 heterocycles. The Morgan fingerprint density at radius 2 is 1.68 bits per heavy atom. The number of hydrogen-bond acceptors (Lipinski definition) is 7. The molecule has 40 heavy (non-hydrogen) atoms. The van der Waals surface area contributed by atoms with Crippen LogP contribution < -0.4 is 16.2 Å². The van der Waals surface area contributed by atoms with Gasteiger partial charge in [-0.3, -0.25) is 4.79 Å². The Morgan fingerprint density at radius 1 is 1.00 bits per heavy atom. The van der Waals surface area contributed by atoms with Crippen LogP contribution in [0.4, 0.5) is 32.3 Å². The fourth-order valence-electron chi connectivity index (χ4n) is 3.76. The minimum atomic E-state index is -5.03. The normalized spacial score (nSPS) is 13.6. The molecule has 0 radical (unpaired) electrons. The van der Waals surface area contributed by atoms with Crippen molar-refractivity contribution in [1.82, 2.24) is 19.7 Å². The van der Waals surface area contributed by atoms with Crippen LogP contribution in [0.25, 0.3) is 16.9 Å². The number of hydrogen-bond donors (Lipinski definition) is 3. The van der Waals surface area contributed by atoms with Crippen molar-refractivity contribution in [2.45, 2.75) is 30.9 Å². The molecular weight excluding hydrogens is 546 g/mol. The Balaban J connectivity index is 1.67. The molecule has 4 rings (SSSR count). The number of carbonyl (C=O) groups is 1. The van der Waals surface area contributed by atoms with Crippen LogP contribution in [0, 0.1) is 0 Å². The van der Waals surface area contributed by atoms with E-state index in [9.17, 15) is 31.1 Å². The molecule has 0 fully saturated rings. The lowest BCUT2D eigenvalue weighted by Crippen LogP contribution is -2.32. The van der Waals surface area contributed by atoms with Crippen molar-refractivity contribution in [1.29, 1.82) is 0 Å². The molecule has 5 N–H and O–H groups in total. The molecule has 4 aromatic rings. The molecule has 210 valence electrons. The summed E-state index contributed by atoms with van der Waals surface area (Å²) in [5.41, 5.74) is 10.3. The number of alkyl halides is 6. The molecular formula is C25H20F6N6O3. The maximum absolute atomic E-state index is 14.2. The molecule has 15 heteroatoms. The van der Waals surface area contributed by atoms with Gasteiger partial charge >= 0.3 is 18.3 Å². The van der Waals surface area contributed by atoms with Crippen LogP contribution in [-0.2, 0) is 17.4 Å². The van der Waals surface area contributed by atoms with Crippen LogP contribution >= 0.6 is 0 Å². The Labute approximate surface area is 222 Å². The Kier molecular flexibility index (Phi) is 7.68. The summed E-state index contributed by atoms with van der Waals surface area (Å²) in [6.45, 7) is 0. The van der Waals surface area contributed by atoms with E-state index in [4.69, 9.17) is 21.3 Å². The lowest BCUT2D eigenvalue weighted by molar-refractivity contribution is -0.198. The number of carboxylic acid groups (broad SMARTS) is 1. The number of aliphatic carboxylic acids is 1. The SMILES string of the molecule is Nc1nc(O[C@@H](c2ccccc2-n2ccc(C(F)(F)F)n2)C(F)(F)F)cc(-c2ccc(CC(N)C(=O)O)cc2)n1. The third kappa shape index (κ3) is 6.48. The highest BCUT2D eigenvalue weighted by Gasteiger charge is 2.45. The summed E-state index contributed by atoms with van der Waals surface area (Å²) in [4.78, 5) is 18.7. The summed E-state index contributed by atoms with van der Waals surface area (Å²) in [5, 5.41) is 12.3. The van der Waals surface area contributed by atoms with Gasteiger partial charge in [-0.15, -0.1) is 0 Å². The first-order valence-electron chi connectivity index (χ1n) is 11.4. The molecule has 0 amide bonds. The molecule has 2 aromatic carbocycles. The van der Waals surface area contributed by atoms with E-state index in [0.29, 0.717) is 21.9 Å². The van der Waals surface area contributed by atoms with Crippen molar-refractivity contribution < 1.29 is 41.0 Å². The number of rotatable bonds is 8. The molecule has 1 unspecified atom stereocenters. The highest BCUT2D eigenvalue weighted by molar-refractivity contribution is 5.73. The van der Waals surface area contributed by atoms with Crippen molar-refractivity contribution in [2.75, 3.05) is 5.73 Å². The number of nitrogens with zero attached hydrogens (tertiary/aromatic N) is 4. The number of benzene rings is 2. The smallest absolute Gasteiger partial charge is 0.435 e. The molecule has 2 aromatic heterocycles. The molecule has 2 atom stereocenters. The predicted octanol–water partition coefficient (Wildman–Crippen LogP) is 4.57. The van der Waals surface area contributed by atoms with E-state index in [2.05, 4.69) is 15.1 Å². The van der Waals surface area contributed by atoms with Gasteiger partial charge in [0.05, 0.1) is 11.4 Å². The van der Waals surface area contributed by atoms with Crippen molar-refractivity contribution in [2.24, 2.45) is 5.73 Å². The fraction of sp³-hybridized carbons (Fsp3) is 0.200. The van der Waals surface area contributed by atoms with Gasteiger partial charge in [-0.1, -0.05) is 42.5 Å². The zero-order valence-electron chi connectivity index (χ0n) is 20.2. The molecule has 0 aliphatic rings. The number of para-hydroxylation sites is 1. The van der Waals surface area contributed by atoms with Gasteiger partial charge in [0, 0.05) is 23.4 Å². The van der Waals surface area contributed by atoms with Crippen LogP contribution in [0.5, 0.6) is 5.88 Å². The highest BCUT2D eigenvalue weighted by Crippen LogP contribution is 2.40.